The zero-order valence-corrected chi connectivity index (χ0v) is 12.2. The van der Waals surface area contributed by atoms with Gasteiger partial charge in [0.15, 0.2) is 0 Å². The van der Waals surface area contributed by atoms with Crippen LogP contribution in [0.5, 0.6) is 0 Å². The molecule has 0 saturated heterocycles. The lowest BCUT2D eigenvalue weighted by Gasteiger charge is -2.28. The minimum absolute atomic E-state index is 0.0479. The average molecular weight is 297 g/mol. The lowest BCUT2D eigenvalue weighted by Crippen LogP contribution is -2.34. The van der Waals surface area contributed by atoms with Crippen LogP contribution in [0.1, 0.15) is 26.7 Å². The standard InChI is InChI=1S/C13H17ClN4O2/c1-3-13(2,6-7-14)17-12-15-10-5-4-9(18(19)20)8-11(10)16-12/h4-5,8H,3,6-7H2,1-2H3,(H2,15,16,17). The molecule has 0 amide bonds. The van der Waals surface area contributed by atoms with Crippen molar-refractivity contribution in [1.29, 1.82) is 0 Å². The van der Waals surface area contributed by atoms with Crippen LogP contribution < -0.4 is 5.32 Å². The molecule has 1 atom stereocenters. The van der Waals surface area contributed by atoms with Crippen LogP contribution in [0.3, 0.4) is 0 Å². The van der Waals surface area contributed by atoms with Crippen LogP contribution in [0.4, 0.5) is 11.6 Å². The predicted molar refractivity (Wildman–Crippen MR) is 80.4 cm³/mol. The first-order valence-electron chi connectivity index (χ1n) is 6.46. The van der Waals surface area contributed by atoms with Gasteiger partial charge >= 0.3 is 0 Å². The lowest BCUT2D eigenvalue weighted by molar-refractivity contribution is -0.384. The number of nitrogens with one attached hydrogen (secondary N) is 2. The van der Waals surface area contributed by atoms with Crippen molar-refractivity contribution in [2.24, 2.45) is 0 Å². The van der Waals surface area contributed by atoms with Gasteiger partial charge in [-0.2, -0.15) is 0 Å². The number of anilines is 1. The maximum Gasteiger partial charge on any atom is 0.271 e. The van der Waals surface area contributed by atoms with E-state index in [1.165, 1.54) is 12.1 Å². The minimum Gasteiger partial charge on any atom is -0.351 e. The normalized spacial score (nSPS) is 14.2. The highest BCUT2D eigenvalue weighted by molar-refractivity contribution is 6.17. The number of nitro benzene ring substituents is 1. The van der Waals surface area contributed by atoms with Crippen LogP contribution in [-0.2, 0) is 0 Å². The molecule has 0 saturated carbocycles. The number of nitro groups is 1. The molecule has 1 unspecified atom stereocenters. The highest BCUT2D eigenvalue weighted by Crippen LogP contribution is 2.24. The topological polar surface area (TPSA) is 83.8 Å². The number of rotatable bonds is 6. The van der Waals surface area contributed by atoms with Gasteiger partial charge in [0, 0.05) is 23.6 Å². The average Bonchev–Trinajstić information content (AvgIpc) is 2.79. The van der Waals surface area contributed by atoms with Gasteiger partial charge in [0.2, 0.25) is 5.95 Å². The molecule has 0 fully saturated rings. The number of nitrogens with zero attached hydrogens (tertiary/aromatic N) is 2. The van der Waals surface area contributed by atoms with Crippen molar-refractivity contribution < 1.29 is 4.92 Å². The molecule has 1 heterocycles. The molecule has 1 aromatic heterocycles. The Kier molecular flexibility index (Phi) is 4.13. The van der Waals surface area contributed by atoms with Gasteiger partial charge in [-0.25, -0.2) is 4.98 Å². The van der Waals surface area contributed by atoms with Crippen molar-refractivity contribution in [2.75, 3.05) is 11.2 Å². The summed E-state index contributed by atoms with van der Waals surface area (Å²) >= 11 is 5.82. The van der Waals surface area contributed by atoms with E-state index in [1.807, 2.05) is 0 Å². The first-order chi connectivity index (χ1) is 9.47. The third-order valence-corrected chi connectivity index (χ3v) is 3.71. The summed E-state index contributed by atoms with van der Waals surface area (Å²) in [5.74, 6) is 1.17. The van der Waals surface area contributed by atoms with Gasteiger partial charge in [0.05, 0.1) is 16.0 Å². The number of non-ortho nitro benzene ring substituents is 1. The second-order valence-corrected chi connectivity index (χ2v) is 5.40. The number of benzene rings is 1. The zero-order chi connectivity index (χ0) is 14.8. The third kappa shape index (κ3) is 3.01. The van der Waals surface area contributed by atoms with Crippen molar-refractivity contribution in [1.82, 2.24) is 9.97 Å². The smallest absolute Gasteiger partial charge is 0.271 e. The molecule has 7 heteroatoms. The molecule has 0 bridgehead atoms. The van der Waals surface area contributed by atoms with Crippen LogP contribution in [0.2, 0.25) is 0 Å². The molecule has 6 nitrogen and oxygen atoms in total. The minimum atomic E-state index is -0.420. The first-order valence-corrected chi connectivity index (χ1v) is 6.99. The summed E-state index contributed by atoms with van der Waals surface area (Å²) in [5.41, 5.74) is 1.24. The Morgan fingerprint density at radius 1 is 1.55 bits per heavy atom. The van der Waals surface area contributed by atoms with Gasteiger partial charge in [-0.1, -0.05) is 6.92 Å². The molecule has 1 aromatic carbocycles. The number of imidazole rings is 1. The Bertz CT molecular complexity index is 628. The molecule has 2 rings (SSSR count). The Balaban J connectivity index is 2.29. The van der Waals surface area contributed by atoms with Crippen molar-refractivity contribution >= 4 is 34.3 Å². The van der Waals surface area contributed by atoms with Crippen LogP contribution in [0.25, 0.3) is 11.0 Å². The first kappa shape index (κ1) is 14.6. The van der Waals surface area contributed by atoms with Gasteiger partial charge in [-0.05, 0) is 25.8 Å². The maximum atomic E-state index is 10.8. The van der Waals surface area contributed by atoms with E-state index in [9.17, 15) is 10.1 Å². The largest absolute Gasteiger partial charge is 0.351 e. The van der Waals surface area contributed by atoms with E-state index in [2.05, 4.69) is 29.1 Å². The number of alkyl halides is 1. The van der Waals surface area contributed by atoms with Crippen LogP contribution >= 0.6 is 11.6 Å². The van der Waals surface area contributed by atoms with Crippen molar-refractivity contribution in [3.8, 4) is 0 Å². The number of halogens is 1. The number of fused-ring (bicyclic) bond motifs is 1. The fourth-order valence-electron chi connectivity index (χ4n) is 1.99. The van der Waals surface area contributed by atoms with Gasteiger partial charge in [-0.3, -0.25) is 10.1 Å². The molecule has 0 aliphatic carbocycles. The number of hydrogen-bond donors (Lipinski definition) is 2. The fourth-order valence-corrected chi connectivity index (χ4v) is 2.41. The molecule has 20 heavy (non-hydrogen) atoms. The van der Waals surface area contributed by atoms with Gasteiger partial charge < -0.3 is 10.3 Å². The quantitative estimate of drug-likeness (QED) is 0.484. The summed E-state index contributed by atoms with van der Waals surface area (Å²) < 4.78 is 0. The molecule has 0 radical (unpaired) electrons. The predicted octanol–water partition coefficient (Wildman–Crippen LogP) is 3.68. The van der Waals surface area contributed by atoms with Gasteiger partial charge in [-0.15, -0.1) is 11.6 Å². The van der Waals surface area contributed by atoms with Gasteiger partial charge in [0.1, 0.15) is 0 Å². The van der Waals surface area contributed by atoms with E-state index in [-0.39, 0.29) is 11.2 Å². The highest BCUT2D eigenvalue weighted by Gasteiger charge is 2.22. The lowest BCUT2D eigenvalue weighted by atomic mass is 9.96. The summed E-state index contributed by atoms with van der Waals surface area (Å²) in [4.78, 5) is 17.8. The van der Waals surface area contributed by atoms with Crippen LogP contribution in [-0.4, -0.2) is 26.3 Å². The van der Waals surface area contributed by atoms with Crippen molar-refractivity contribution in [3.63, 3.8) is 0 Å². The number of H-pyrrole nitrogens is 1. The number of aromatic nitrogens is 2. The second kappa shape index (κ2) is 5.66. The number of hydrogen-bond acceptors (Lipinski definition) is 4. The summed E-state index contributed by atoms with van der Waals surface area (Å²) in [6.45, 7) is 4.15. The molecule has 0 aliphatic rings. The van der Waals surface area contributed by atoms with E-state index in [4.69, 9.17) is 11.6 Å². The van der Waals surface area contributed by atoms with Crippen LogP contribution in [0, 0.1) is 10.1 Å². The fraction of sp³-hybridized carbons (Fsp3) is 0.462. The van der Waals surface area contributed by atoms with Crippen molar-refractivity contribution in [3.05, 3.63) is 28.3 Å². The molecule has 0 spiro atoms. The Labute approximate surface area is 121 Å². The van der Waals surface area contributed by atoms with E-state index >= 15 is 0 Å². The third-order valence-electron chi connectivity index (χ3n) is 3.52. The second-order valence-electron chi connectivity index (χ2n) is 5.02. The van der Waals surface area contributed by atoms with Crippen LogP contribution in [0.15, 0.2) is 18.2 Å². The summed E-state index contributed by atoms with van der Waals surface area (Å²) in [5, 5.41) is 14.1. The van der Waals surface area contributed by atoms with E-state index in [1.54, 1.807) is 6.07 Å². The molecular weight excluding hydrogens is 280 g/mol. The maximum absolute atomic E-state index is 10.8. The summed E-state index contributed by atoms with van der Waals surface area (Å²) in [7, 11) is 0. The Hall–Kier alpha value is -1.82. The number of aromatic amines is 1. The molecule has 108 valence electrons. The molecule has 2 N–H and O–H groups in total. The summed E-state index contributed by atoms with van der Waals surface area (Å²) in [6.07, 6.45) is 1.71. The molecule has 2 aromatic rings. The van der Waals surface area contributed by atoms with E-state index < -0.39 is 4.92 Å². The van der Waals surface area contributed by atoms with Gasteiger partial charge in [0.25, 0.3) is 5.69 Å². The summed E-state index contributed by atoms with van der Waals surface area (Å²) in [6, 6.07) is 4.57. The monoisotopic (exact) mass is 296 g/mol. The molecule has 0 aliphatic heterocycles. The zero-order valence-electron chi connectivity index (χ0n) is 11.4. The Morgan fingerprint density at radius 2 is 2.30 bits per heavy atom. The highest BCUT2D eigenvalue weighted by atomic mass is 35.5. The SMILES string of the molecule is CCC(C)(CCCl)Nc1nc2ccc([N+](=O)[O-])cc2[nH]1. The van der Waals surface area contributed by atoms with E-state index in [0.29, 0.717) is 22.9 Å². The Morgan fingerprint density at radius 3 is 2.90 bits per heavy atom. The van der Waals surface area contributed by atoms with Crippen molar-refractivity contribution in [2.45, 2.75) is 32.2 Å². The van der Waals surface area contributed by atoms with E-state index in [0.717, 1.165) is 12.8 Å². The molecular formula is C13H17ClN4O2.